The molecule has 0 aromatic carbocycles. The van der Waals surface area contributed by atoms with Crippen LogP contribution in [0.4, 0.5) is 0 Å². The van der Waals surface area contributed by atoms with Gasteiger partial charge in [-0.15, -0.1) is 0 Å². The lowest BCUT2D eigenvalue weighted by molar-refractivity contribution is -0.152. The molecule has 0 saturated heterocycles. The highest BCUT2D eigenvalue weighted by molar-refractivity contribution is 5.78. The fourth-order valence-corrected chi connectivity index (χ4v) is 1.26. The Balaban J connectivity index is 4.04. The number of carbonyl (C=O) groups is 2. The second-order valence-corrected chi connectivity index (χ2v) is 3.67. The van der Waals surface area contributed by atoms with Crippen LogP contribution in [-0.4, -0.2) is 47.7 Å². The molecule has 16 heavy (non-hydrogen) atoms. The molecule has 1 amide bonds. The van der Waals surface area contributed by atoms with E-state index in [1.807, 2.05) is 13.8 Å². The number of ether oxygens (including phenoxy) is 1. The number of carboxylic acids is 1. The number of carbonyl (C=O) groups excluding carboxylic acids is 1. The summed E-state index contributed by atoms with van der Waals surface area (Å²) in [4.78, 5) is 23.8. The third kappa shape index (κ3) is 5.70. The fraction of sp³-hybridized carbons (Fsp3) is 0.818. The number of amides is 1. The third-order valence-corrected chi connectivity index (χ3v) is 2.14. The summed E-state index contributed by atoms with van der Waals surface area (Å²) in [7, 11) is 0. The van der Waals surface area contributed by atoms with Gasteiger partial charge >= 0.3 is 5.97 Å². The van der Waals surface area contributed by atoms with Crippen molar-refractivity contribution in [2.45, 2.75) is 39.7 Å². The summed E-state index contributed by atoms with van der Waals surface area (Å²) in [5.74, 6) is -1.19. The number of hydrogen-bond donors (Lipinski definition) is 1. The van der Waals surface area contributed by atoms with Crippen LogP contribution in [0.25, 0.3) is 0 Å². The van der Waals surface area contributed by atoms with E-state index < -0.39 is 12.1 Å². The van der Waals surface area contributed by atoms with Crippen LogP contribution < -0.4 is 0 Å². The molecule has 0 aromatic rings. The minimum absolute atomic E-state index is 0.142. The maximum Gasteiger partial charge on any atom is 0.332 e. The minimum atomic E-state index is -1.05. The van der Waals surface area contributed by atoms with Gasteiger partial charge in [0.15, 0.2) is 6.10 Å². The summed E-state index contributed by atoms with van der Waals surface area (Å²) in [6.45, 7) is 6.63. The SMILES string of the molecule is CCCN(CCC)C(=O)COC(C)C(=O)O. The highest BCUT2D eigenvalue weighted by Crippen LogP contribution is 1.98. The molecule has 1 unspecified atom stereocenters. The molecule has 0 aromatic heterocycles. The molecule has 5 heteroatoms. The highest BCUT2D eigenvalue weighted by atomic mass is 16.5. The Morgan fingerprint density at radius 1 is 1.25 bits per heavy atom. The van der Waals surface area contributed by atoms with Gasteiger partial charge in [-0.2, -0.15) is 0 Å². The number of rotatable bonds is 8. The molecule has 5 nitrogen and oxygen atoms in total. The highest BCUT2D eigenvalue weighted by Gasteiger charge is 2.16. The molecule has 0 radical (unpaired) electrons. The van der Waals surface area contributed by atoms with E-state index in [1.165, 1.54) is 6.92 Å². The van der Waals surface area contributed by atoms with E-state index in [1.54, 1.807) is 4.90 Å². The first-order chi connectivity index (χ1) is 7.52. The topological polar surface area (TPSA) is 66.8 Å². The second kappa shape index (κ2) is 8.10. The Kier molecular flexibility index (Phi) is 7.54. The van der Waals surface area contributed by atoms with Crippen molar-refractivity contribution in [1.82, 2.24) is 4.90 Å². The van der Waals surface area contributed by atoms with Gasteiger partial charge < -0.3 is 14.7 Å². The molecule has 0 spiro atoms. The predicted octanol–water partition coefficient (Wildman–Crippen LogP) is 1.12. The largest absolute Gasteiger partial charge is 0.479 e. The van der Waals surface area contributed by atoms with Crippen LogP contribution in [0.1, 0.15) is 33.6 Å². The molecule has 1 atom stereocenters. The van der Waals surface area contributed by atoms with Gasteiger partial charge in [-0.25, -0.2) is 4.79 Å². The van der Waals surface area contributed by atoms with Crippen LogP contribution in [0.2, 0.25) is 0 Å². The predicted molar refractivity (Wildman–Crippen MR) is 60.2 cm³/mol. The average Bonchev–Trinajstić information content (AvgIpc) is 2.24. The Hall–Kier alpha value is -1.10. The van der Waals surface area contributed by atoms with Gasteiger partial charge in [0.2, 0.25) is 5.91 Å². The molecule has 0 bridgehead atoms. The molecule has 1 N–H and O–H groups in total. The first kappa shape index (κ1) is 14.9. The summed E-state index contributed by atoms with van der Waals surface area (Å²) < 4.78 is 4.95. The minimum Gasteiger partial charge on any atom is -0.479 e. The van der Waals surface area contributed by atoms with Crippen LogP contribution in [0.15, 0.2) is 0 Å². The Morgan fingerprint density at radius 2 is 1.75 bits per heavy atom. The summed E-state index contributed by atoms with van der Waals surface area (Å²) in [6.07, 6.45) is 0.842. The first-order valence-electron chi connectivity index (χ1n) is 5.65. The van der Waals surface area contributed by atoms with E-state index in [-0.39, 0.29) is 12.5 Å². The standard InChI is InChI=1S/C11H21NO4/c1-4-6-12(7-5-2)10(13)8-16-9(3)11(14)15/h9H,4-8H2,1-3H3,(H,14,15). The van der Waals surface area contributed by atoms with Crippen LogP contribution in [0.5, 0.6) is 0 Å². The van der Waals surface area contributed by atoms with Crippen molar-refractivity contribution in [3.05, 3.63) is 0 Å². The molecule has 0 aliphatic rings. The van der Waals surface area contributed by atoms with Gasteiger partial charge in [0.05, 0.1) is 0 Å². The Morgan fingerprint density at radius 3 is 2.12 bits per heavy atom. The van der Waals surface area contributed by atoms with Gasteiger partial charge in [0.1, 0.15) is 6.61 Å². The van der Waals surface area contributed by atoms with Crippen molar-refractivity contribution in [3.8, 4) is 0 Å². The van der Waals surface area contributed by atoms with Crippen LogP contribution in [0.3, 0.4) is 0 Å². The first-order valence-corrected chi connectivity index (χ1v) is 5.65. The number of aliphatic carboxylic acids is 1. The molecule has 0 rings (SSSR count). The number of hydrogen-bond acceptors (Lipinski definition) is 3. The van der Waals surface area contributed by atoms with Gasteiger partial charge in [-0.1, -0.05) is 13.8 Å². The molecular weight excluding hydrogens is 210 g/mol. The second-order valence-electron chi connectivity index (χ2n) is 3.67. The quantitative estimate of drug-likeness (QED) is 0.680. The summed E-state index contributed by atoms with van der Waals surface area (Å²) >= 11 is 0. The molecule has 0 heterocycles. The molecule has 0 aliphatic heterocycles. The van der Waals surface area contributed by atoms with E-state index in [2.05, 4.69) is 0 Å². The molecule has 0 fully saturated rings. The van der Waals surface area contributed by atoms with E-state index in [4.69, 9.17) is 9.84 Å². The van der Waals surface area contributed by atoms with Crippen molar-refractivity contribution in [3.63, 3.8) is 0 Å². The zero-order chi connectivity index (χ0) is 12.6. The van der Waals surface area contributed by atoms with Gasteiger partial charge in [0.25, 0.3) is 0 Å². The molecule has 0 aliphatic carbocycles. The monoisotopic (exact) mass is 231 g/mol. The number of nitrogens with zero attached hydrogens (tertiary/aromatic N) is 1. The normalized spacial score (nSPS) is 12.2. The zero-order valence-electron chi connectivity index (χ0n) is 10.2. The van der Waals surface area contributed by atoms with E-state index in [0.29, 0.717) is 13.1 Å². The maximum absolute atomic E-state index is 11.7. The van der Waals surface area contributed by atoms with Crippen molar-refractivity contribution in [2.75, 3.05) is 19.7 Å². The van der Waals surface area contributed by atoms with Gasteiger partial charge in [-0.05, 0) is 19.8 Å². The van der Waals surface area contributed by atoms with Crippen molar-refractivity contribution >= 4 is 11.9 Å². The van der Waals surface area contributed by atoms with Crippen LogP contribution in [-0.2, 0) is 14.3 Å². The third-order valence-electron chi connectivity index (χ3n) is 2.14. The summed E-state index contributed by atoms with van der Waals surface area (Å²) in [5.41, 5.74) is 0. The van der Waals surface area contributed by atoms with E-state index in [9.17, 15) is 9.59 Å². The lowest BCUT2D eigenvalue weighted by atomic mass is 10.3. The Labute approximate surface area is 96.4 Å². The summed E-state index contributed by atoms with van der Waals surface area (Å²) in [5, 5.41) is 8.59. The van der Waals surface area contributed by atoms with Crippen molar-refractivity contribution in [1.29, 1.82) is 0 Å². The van der Waals surface area contributed by atoms with Gasteiger partial charge in [0, 0.05) is 13.1 Å². The van der Waals surface area contributed by atoms with Crippen molar-refractivity contribution < 1.29 is 19.4 Å². The molecular formula is C11H21NO4. The molecule has 0 saturated carbocycles. The maximum atomic E-state index is 11.7. The molecule has 94 valence electrons. The Bertz CT molecular complexity index is 224. The smallest absolute Gasteiger partial charge is 0.332 e. The van der Waals surface area contributed by atoms with Crippen LogP contribution >= 0.6 is 0 Å². The van der Waals surface area contributed by atoms with E-state index in [0.717, 1.165) is 12.8 Å². The average molecular weight is 231 g/mol. The van der Waals surface area contributed by atoms with E-state index >= 15 is 0 Å². The summed E-state index contributed by atoms with van der Waals surface area (Å²) in [6, 6.07) is 0. The number of carboxylic acid groups (broad SMARTS) is 1. The van der Waals surface area contributed by atoms with Crippen molar-refractivity contribution in [2.24, 2.45) is 0 Å². The van der Waals surface area contributed by atoms with Crippen LogP contribution in [0, 0.1) is 0 Å². The fourth-order valence-electron chi connectivity index (χ4n) is 1.26. The lowest BCUT2D eigenvalue weighted by Crippen LogP contribution is -2.37. The lowest BCUT2D eigenvalue weighted by Gasteiger charge is -2.21. The van der Waals surface area contributed by atoms with Gasteiger partial charge in [-0.3, -0.25) is 4.79 Å². The zero-order valence-corrected chi connectivity index (χ0v) is 10.2.